The molecule has 2 aromatic heterocycles. The highest BCUT2D eigenvalue weighted by atomic mass is 35.5. The maximum Gasteiger partial charge on any atom is 0.354 e. The van der Waals surface area contributed by atoms with Gasteiger partial charge in [-0.1, -0.05) is 11.6 Å². The molecule has 0 bridgehead atoms. The quantitative estimate of drug-likeness (QED) is 0.888. The number of rotatable bonds is 2. The third-order valence-electron chi connectivity index (χ3n) is 2.40. The lowest BCUT2D eigenvalue weighted by atomic mass is 10.0. The number of aryl methyl sites for hydroxylation is 1. The first kappa shape index (κ1) is 11.5. The Bertz CT molecular complexity index is 584. The summed E-state index contributed by atoms with van der Waals surface area (Å²) in [6, 6.07) is 3.29. The largest absolute Gasteiger partial charge is 0.477 e. The van der Waals surface area contributed by atoms with Gasteiger partial charge in [0.1, 0.15) is 5.69 Å². The van der Waals surface area contributed by atoms with Crippen molar-refractivity contribution in [3.05, 3.63) is 47.0 Å². The monoisotopic (exact) mass is 248 g/mol. The Balaban J connectivity index is 2.63. The van der Waals surface area contributed by atoms with Crippen molar-refractivity contribution in [2.45, 2.75) is 6.92 Å². The minimum Gasteiger partial charge on any atom is -0.477 e. The zero-order chi connectivity index (χ0) is 12.4. The smallest absolute Gasteiger partial charge is 0.354 e. The van der Waals surface area contributed by atoms with E-state index in [4.69, 9.17) is 16.7 Å². The molecule has 0 saturated heterocycles. The van der Waals surface area contributed by atoms with Crippen LogP contribution in [-0.4, -0.2) is 21.0 Å². The average molecular weight is 249 g/mol. The zero-order valence-electron chi connectivity index (χ0n) is 9.01. The van der Waals surface area contributed by atoms with Crippen LogP contribution in [0.15, 0.2) is 30.7 Å². The van der Waals surface area contributed by atoms with Crippen LogP contribution in [0.25, 0.3) is 11.1 Å². The molecule has 5 heteroatoms. The van der Waals surface area contributed by atoms with Gasteiger partial charge in [-0.3, -0.25) is 4.98 Å². The number of carboxylic acids is 1. The van der Waals surface area contributed by atoms with Crippen molar-refractivity contribution in [1.29, 1.82) is 0 Å². The number of halogens is 1. The third kappa shape index (κ3) is 2.26. The van der Waals surface area contributed by atoms with Crippen LogP contribution in [0.2, 0.25) is 5.02 Å². The fraction of sp³-hybridized carbons (Fsp3) is 0.0833. The van der Waals surface area contributed by atoms with Gasteiger partial charge in [-0.15, -0.1) is 0 Å². The molecule has 86 valence electrons. The molecule has 0 atom stereocenters. The van der Waals surface area contributed by atoms with E-state index in [0.29, 0.717) is 10.6 Å². The number of nitrogens with zero attached hydrogens (tertiary/aromatic N) is 2. The van der Waals surface area contributed by atoms with E-state index in [0.717, 1.165) is 11.1 Å². The number of aromatic nitrogens is 2. The Morgan fingerprint density at radius 3 is 2.76 bits per heavy atom. The summed E-state index contributed by atoms with van der Waals surface area (Å²) in [7, 11) is 0. The van der Waals surface area contributed by atoms with Crippen molar-refractivity contribution in [2.75, 3.05) is 0 Å². The first-order valence-electron chi connectivity index (χ1n) is 4.89. The predicted octanol–water partition coefficient (Wildman–Crippen LogP) is 2.80. The van der Waals surface area contributed by atoms with Crippen LogP contribution in [-0.2, 0) is 0 Å². The van der Waals surface area contributed by atoms with Crippen LogP contribution < -0.4 is 0 Å². The van der Waals surface area contributed by atoms with Crippen molar-refractivity contribution in [2.24, 2.45) is 0 Å². The Kier molecular flexibility index (Phi) is 3.06. The molecule has 0 fully saturated rings. The van der Waals surface area contributed by atoms with Gasteiger partial charge in [0.05, 0.1) is 5.02 Å². The molecule has 0 aliphatic heterocycles. The third-order valence-corrected chi connectivity index (χ3v) is 2.70. The maximum atomic E-state index is 10.9. The molecule has 2 aromatic rings. The minimum atomic E-state index is -1.08. The highest BCUT2D eigenvalue weighted by Crippen LogP contribution is 2.29. The van der Waals surface area contributed by atoms with E-state index in [2.05, 4.69) is 9.97 Å². The lowest BCUT2D eigenvalue weighted by Crippen LogP contribution is -2.00. The van der Waals surface area contributed by atoms with Crippen LogP contribution in [0.4, 0.5) is 0 Å². The van der Waals surface area contributed by atoms with Gasteiger partial charge in [-0.05, 0) is 24.6 Å². The lowest BCUT2D eigenvalue weighted by molar-refractivity contribution is 0.0690. The summed E-state index contributed by atoms with van der Waals surface area (Å²) in [5, 5.41) is 9.30. The van der Waals surface area contributed by atoms with Crippen LogP contribution in [0.5, 0.6) is 0 Å². The molecule has 1 N–H and O–H groups in total. The van der Waals surface area contributed by atoms with Crippen molar-refractivity contribution in [1.82, 2.24) is 9.97 Å². The van der Waals surface area contributed by atoms with E-state index in [9.17, 15) is 4.79 Å². The average Bonchev–Trinajstić information content (AvgIpc) is 2.30. The highest BCUT2D eigenvalue weighted by Gasteiger charge is 2.12. The van der Waals surface area contributed by atoms with Gasteiger partial charge in [0.25, 0.3) is 0 Å². The molecule has 0 aromatic carbocycles. The second kappa shape index (κ2) is 4.51. The summed E-state index contributed by atoms with van der Waals surface area (Å²) < 4.78 is 0. The predicted molar refractivity (Wildman–Crippen MR) is 64.2 cm³/mol. The van der Waals surface area contributed by atoms with Gasteiger partial charge >= 0.3 is 5.97 Å². The van der Waals surface area contributed by atoms with E-state index in [1.165, 1.54) is 12.3 Å². The van der Waals surface area contributed by atoms with E-state index >= 15 is 0 Å². The summed E-state index contributed by atoms with van der Waals surface area (Å²) in [5.74, 6) is -1.08. The van der Waals surface area contributed by atoms with Gasteiger partial charge in [0.2, 0.25) is 0 Å². The van der Waals surface area contributed by atoms with Crippen molar-refractivity contribution >= 4 is 17.6 Å². The topological polar surface area (TPSA) is 63.1 Å². The molecule has 0 spiro atoms. The highest BCUT2D eigenvalue weighted by molar-refractivity contribution is 6.33. The number of aromatic carboxylic acids is 1. The van der Waals surface area contributed by atoms with E-state index in [-0.39, 0.29) is 5.69 Å². The molecule has 4 nitrogen and oxygen atoms in total. The van der Waals surface area contributed by atoms with Crippen LogP contribution in [0.3, 0.4) is 0 Å². The summed E-state index contributed by atoms with van der Waals surface area (Å²) in [6.45, 7) is 1.91. The molecule has 0 aliphatic rings. The van der Waals surface area contributed by atoms with Gasteiger partial charge in [-0.25, -0.2) is 9.78 Å². The molecule has 0 saturated carbocycles. The summed E-state index contributed by atoms with van der Waals surface area (Å²) in [5.41, 5.74) is 2.38. The number of hydrogen-bond donors (Lipinski definition) is 1. The molecular weight excluding hydrogens is 240 g/mol. The van der Waals surface area contributed by atoms with Crippen LogP contribution in [0.1, 0.15) is 16.1 Å². The zero-order valence-corrected chi connectivity index (χ0v) is 9.77. The van der Waals surface area contributed by atoms with Crippen molar-refractivity contribution < 1.29 is 9.90 Å². The number of carboxylic acid groups (broad SMARTS) is 1. The van der Waals surface area contributed by atoms with Crippen molar-refractivity contribution in [3.63, 3.8) is 0 Å². The Morgan fingerprint density at radius 2 is 2.12 bits per heavy atom. The molecule has 0 amide bonds. The Hall–Kier alpha value is -1.94. The number of carbonyl (C=O) groups is 1. The van der Waals surface area contributed by atoms with E-state index < -0.39 is 5.97 Å². The van der Waals surface area contributed by atoms with E-state index in [1.54, 1.807) is 12.4 Å². The molecule has 0 unspecified atom stereocenters. The second-order valence-corrected chi connectivity index (χ2v) is 3.95. The summed E-state index contributed by atoms with van der Waals surface area (Å²) in [6.07, 6.45) is 4.67. The van der Waals surface area contributed by atoms with Gasteiger partial charge in [0.15, 0.2) is 0 Å². The van der Waals surface area contributed by atoms with Crippen LogP contribution >= 0.6 is 11.6 Å². The second-order valence-electron chi connectivity index (χ2n) is 3.55. The standard InChI is InChI=1S/C12H9ClN2O2/c1-7-2-3-14-5-9(7)8-4-11(12(16)17)15-6-10(8)13/h2-6H,1H3,(H,16,17). The molecule has 2 heterocycles. The lowest BCUT2D eigenvalue weighted by Gasteiger charge is -2.07. The molecule has 0 aliphatic carbocycles. The number of hydrogen-bond acceptors (Lipinski definition) is 3. The SMILES string of the molecule is Cc1ccncc1-c1cc(C(=O)O)ncc1Cl. The fourth-order valence-corrected chi connectivity index (χ4v) is 1.71. The molecule has 0 radical (unpaired) electrons. The maximum absolute atomic E-state index is 10.9. The van der Waals surface area contributed by atoms with Gasteiger partial charge < -0.3 is 5.11 Å². The molecular formula is C12H9ClN2O2. The Labute approximate surface area is 103 Å². The summed E-state index contributed by atoms with van der Waals surface area (Å²) in [4.78, 5) is 18.6. The van der Waals surface area contributed by atoms with E-state index in [1.807, 2.05) is 13.0 Å². The number of pyridine rings is 2. The first-order chi connectivity index (χ1) is 8.09. The van der Waals surface area contributed by atoms with Gasteiger partial charge in [0, 0.05) is 29.7 Å². The normalized spacial score (nSPS) is 10.2. The molecule has 2 rings (SSSR count). The first-order valence-corrected chi connectivity index (χ1v) is 5.27. The molecule has 17 heavy (non-hydrogen) atoms. The fourth-order valence-electron chi connectivity index (χ4n) is 1.51. The minimum absolute atomic E-state index is 0.0346. The Morgan fingerprint density at radius 1 is 1.35 bits per heavy atom. The van der Waals surface area contributed by atoms with Crippen molar-refractivity contribution in [3.8, 4) is 11.1 Å². The van der Waals surface area contributed by atoms with Gasteiger partial charge in [-0.2, -0.15) is 0 Å². The van der Waals surface area contributed by atoms with Crippen LogP contribution in [0, 0.1) is 6.92 Å². The summed E-state index contributed by atoms with van der Waals surface area (Å²) >= 11 is 6.02.